The Labute approximate surface area is 144 Å². The number of nitrogens with one attached hydrogen (secondary N) is 2. The highest BCUT2D eigenvalue weighted by atomic mass is 16.5. The number of aryl methyl sites for hydroxylation is 1. The molecule has 2 N–H and O–H groups in total. The maximum atomic E-state index is 9.64. The van der Waals surface area contributed by atoms with E-state index in [0.717, 1.165) is 11.3 Å². The van der Waals surface area contributed by atoms with Gasteiger partial charge in [0.25, 0.3) is 0 Å². The van der Waals surface area contributed by atoms with Crippen molar-refractivity contribution in [2.75, 3.05) is 21.3 Å². The van der Waals surface area contributed by atoms with Crippen LogP contribution in [-0.4, -0.2) is 37.4 Å². The molecule has 0 aliphatic carbocycles. The van der Waals surface area contributed by atoms with Crippen LogP contribution in [0.2, 0.25) is 0 Å². The van der Waals surface area contributed by atoms with Gasteiger partial charge in [0.1, 0.15) is 11.7 Å². The zero-order valence-corrected chi connectivity index (χ0v) is 14.3. The first-order valence-corrected chi connectivity index (χ1v) is 7.56. The highest BCUT2D eigenvalue weighted by Crippen LogP contribution is 2.48. The van der Waals surface area contributed by atoms with E-state index in [4.69, 9.17) is 24.4 Å². The van der Waals surface area contributed by atoms with E-state index in [-0.39, 0.29) is 5.90 Å². The highest BCUT2D eigenvalue weighted by Gasteiger charge is 2.41. The molecule has 0 saturated heterocycles. The van der Waals surface area contributed by atoms with Crippen LogP contribution in [0.3, 0.4) is 0 Å². The fraction of sp³-hybridized carbons (Fsp3) is 0.353. The lowest BCUT2D eigenvalue weighted by molar-refractivity contribution is 0.345. The van der Waals surface area contributed by atoms with Gasteiger partial charge < -0.3 is 18.9 Å². The smallest absolute Gasteiger partial charge is 0.243 e. The number of nitrogens with zero attached hydrogens (tertiary/aromatic N) is 2. The zero-order valence-electron chi connectivity index (χ0n) is 14.3. The Morgan fingerprint density at radius 2 is 1.80 bits per heavy atom. The summed E-state index contributed by atoms with van der Waals surface area (Å²) in [4.78, 5) is 0. The molecule has 0 spiro atoms. The number of aromatic nitrogens is 2. The Morgan fingerprint density at radius 1 is 1.16 bits per heavy atom. The molecule has 2 unspecified atom stereocenters. The third kappa shape index (κ3) is 2.54. The Kier molecular flexibility index (Phi) is 4.23. The first-order chi connectivity index (χ1) is 12.0. The number of nitriles is 1. The standard InChI is InChI=1S/C17H18N4O4/c1-8-14-15(10(7-18)16(19)25-17(14)21-20-8)9-5-12(23-3)13(24-4)6-11(9)22-2/h5-6,10,15,19H,1-4H3,(H,20,21). The van der Waals surface area contributed by atoms with Crippen LogP contribution in [0.1, 0.15) is 22.7 Å². The molecule has 3 rings (SSSR count). The van der Waals surface area contributed by atoms with Crippen LogP contribution in [0, 0.1) is 29.6 Å². The molecule has 1 aromatic carbocycles. The minimum absolute atomic E-state index is 0.150. The molecule has 8 heteroatoms. The van der Waals surface area contributed by atoms with E-state index in [0.29, 0.717) is 28.7 Å². The van der Waals surface area contributed by atoms with Crippen LogP contribution in [0.25, 0.3) is 0 Å². The van der Waals surface area contributed by atoms with Crippen molar-refractivity contribution in [1.29, 1.82) is 10.7 Å². The molecule has 2 heterocycles. The minimum Gasteiger partial charge on any atom is -0.496 e. The number of fused-ring (bicyclic) bond motifs is 1. The van der Waals surface area contributed by atoms with Gasteiger partial charge in [-0.05, 0) is 13.0 Å². The molecule has 25 heavy (non-hydrogen) atoms. The van der Waals surface area contributed by atoms with Crippen LogP contribution in [0.5, 0.6) is 23.1 Å². The van der Waals surface area contributed by atoms with Crippen LogP contribution >= 0.6 is 0 Å². The van der Waals surface area contributed by atoms with Crippen molar-refractivity contribution in [2.24, 2.45) is 5.92 Å². The fourth-order valence-electron chi connectivity index (χ4n) is 3.11. The van der Waals surface area contributed by atoms with Gasteiger partial charge in [-0.25, -0.2) is 0 Å². The maximum absolute atomic E-state index is 9.64. The average Bonchev–Trinajstić information content (AvgIpc) is 2.99. The van der Waals surface area contributed by atoms with Crippen molar-refractivity contribution >= 4 is 5.90 Å². The summed E-state index contributed by atoms with van der Waals surface area (Å²) in [6.07, 6.45) is 0. The van der Waals surface area contributed by atoms with E-state index in [2.05, 4.69) is 16.3 Å². The van der Waals surface area contributed by atoms with Crippen LogP contribution in [0.15, 0.2) is 12.1 Å². The van der Waals surface area contributed by atoms with Gasteiger partial charge in [-0.1, -0.05) is 0 Å². The molecule has 0 amide bonds. The fourth-order valence-corrected chi connectivity index (χ4v) is 3.11. The second-order valence-corrected chi connectivity index (χ2v) is 5.57. The summed E-state index contributed by atoms with van der Waals surface area (Å²) >= 11 is 0. The number of methoxy groups -OCH3 is 3. The second kappa shape index (κ2) is 6.36. The second-order valence-electron chi connectivity index (χ2n) is 5.57. The third-order valence-corrected chi connectivity index (χ3v) is 4.30. The summed E-state index contributed by atoms with van der Waals surface area (Å²) < 4.78 is 21.6. The van der Waals surface area contributed by atoms with Gasteiger partial charge in [0.05, 0.1) is 27.4 Å². The van der Waals surface area contributed by atoms with E-state index in [1.807, 2.05) is 6.92 Å². The van der Waals surface area contributed by atoms with E-state index in [1.54, 1.807) is 19.2 Å². The topological polar surface area (TPSA) is 113 Å². The number of ether oxygens (including phenoxy) is 4. The van der Waals surface area contributed by atoms with Gasteiger partial charge in [-0.2, -0.15) is 5.26 Å². The van der Waals surface area contributed by atoms with Crippen molar-refractivity contribution < 1.29 is 18.9 Å². The van der Waals surface area contributed by atoms with Gasteiger partial charge in [0.2, 0.25) is 11.8 Å². The largest absolute Gasteiger partial charge is 0.496 e. The van der Waals surface area contributed by atoms with E-state index in [9.17, 15) is 5.26 Å². The summed E-state index contributed by atoms with van der Waals surface area (Å²) in [5.74, 6) is 0.424. The molecule has 2 atom stereocenters. The summed E-state index contributed by atoms with van der Waals surface area (Å²) in [6.45, 7) is 1.85. The zero-order chi connectivity index (χ0) is 18.1. The van der Waals surface area contributed by atoms with Gasteiger partial charge in [0, 0.05) is 28.8 Å². The summed E-state index contributed by atoms with van der Waals surface area (Å²) in [6, 6.07) is 5.63. The molecule has 1 aliphatic rings. The van der Waals surface area contributed by atoms with Crippen molar-refractivity contribution in [3.63, 3.8) is 0 Å². The molecule has 1 aromatic heterocycles. The maximum Gasteiger partial charge on any atom is 0.243 e. The third-order valence-electron chi connectivity index (χ3n) is 4.30. The SMILES string of the molecule is COc1cc(OC)c(C2c3c(n[nH]c3C)OC(=N)C2C#N)cc1OC. The van der Waals surface area contributed by atoms with Gasteiger partial charge >= 0.3 is 0 Å². The van der Waals surface area contributed by atoms with E-state index in [1.165, 1.54) is 14.2 Å². The first kappa shape index (κ1) is 16.6. The minimum atomic E-state index is -0.809. The molecule has 0 fully saturated rings. The van der Waals surface area contributed by atoms with Crippen molar-refractivity contribution in [1.82, 2.24) is 10.2 Å². The lowest BCUT2D eigenvalue weighted by Gasteiger charge is -2.29. The van der Waals surface area contributed by atoms with E-state index < -0.39 is 11.8 Å². The molecule has 1 aliphatic heterocycles. The summed E-state index contributed by atoms with van der Waals surface area (Å²) in [7, 11) is 4.62. The van der Waals surface area contributed by atoms with Crippen LogP contribution < -0.4 is 18.9 Å². The summed E-state index contributed by atoms with van der Waals surface area (Å²) in [5, 5.41) is 24.7. The van der Waals surface area contributed by atoms with E-state index >= 15 is 0 Å². The Bertz CT molecular complexity index is 868. The number of hydrogen-bond donors (Lipinski definition) is 2. The molecule has 8 nitrogen and oxygen atoms in total. The predicted octanol–water partition coefficient (Wildman–Crippen LogP) is 2.39. The van der Waals surface area contributed by atoms with Crippen molar-refractivity contribution in [3.05, 3.63) is 29.0 Å². The van der Waals surface area contributed by atoms with Gasteiger partial charge in [-0.3, -0.25) is 10.5 Å². The molecular formula is C17H18N4O4. The number of rotatable bonds is 4. The average molecular weight is 342 g/mol. The van der Waals surface area contributed by atoms with Crippen LogP contribution in [-0.2, 0) is 0 Å². The number of aromatic amines is 1. The molecule has 0 bridgehead atoms. The molecule has 2 aromatic rings. The first-order valence-electron chi connectivity index (χ1n) is 7.56. The number of hydrogen-bond acceptors (Lipinski definition) is 7. The normalized spacial score (nSPS) is 18.8. The van der Waals surface area contributed by atoms with Gasteiger partial charge in [-0.15, -0.1) is 5.10 Å². The quantitative estimate of drug-likeness (QED) is 0.882. The predicted molar refractivity (Wildman–Crippen MR) is 88.7 cm³/mol. The number of H-pyrrole nitrogens is 1. The molecule has 0 radical (unpaired) electrons. The van der Waals surface area contributed by atoms with Crippen molar-refractivity contribution in [2.45, 2.75) is 12.8 Å². The Hall–Kier alpha value is -3.21. The van der Waals surface area contributed by atoms with Crippen molar-refractivity contribution in [3.8, 4) is 29.2 Å². The van der Waals surface area contributed by atoms with Gasteiger partial charge in [0.15, 0.2) is 11.5 Å². The van der Waals surface area contributed by atoms with Crippen LogP contribution in [0.4, 0.5) is 0 Å². The molecule has 130 valence electrons. The lowest BCUT2D eigenvalue weighted by atomic mass is 9.79. The Balaban J connectivity index is 2.28. The highest BCUT2D eigenvalue weighted by molar-refractivity contribution is 5.85. The molecular weight excluding hydrogens is 324 g/mol. The summed E-state index contributed by atoms with van der Waals surface area (Å²) in [5.41, 5.74) is 2.20. The number of benzene rings is 1. The lowest BCUT2D eigenvalue weighted by Crippen LogP contribution is -2.31. The monoisotopic (exact) mass is 342 g/mol. The molecule has 0 saturated carbocycles. The Morgan fingerprint density at radius 3 is 2.40 bits per heavy atom.